The van der Waals surface area contributed by atoms with Crippen molar-refractivity contribution in [2.75, 3.05) is 31.4 Å². The molecule has 0 fully saturated rings. The van der Waals surface area contributed by atoms with Crippen LogP contribution in [0.25, 0.3) is 10.8 Å². The summed E-state index contributed by atoms with van der Waals surface area (Å²) in [5.74, 6) is 0.368. The second-order valence-corrected chi connectivity index (χ2v) is 6.39. The molecule has 134 valence electrons. The number of aromatic nitrogens is 1. The first-order chi connectivity index (χ1) is 12.5. The van der Waals surface area contributed by atoms with Crippen molar-refractivity contribution >= 4 is 28.2 Å². The predicted octanol–water partition coefficient (Wildman–Crippen LogP) is 4.26. The quantitative estimate of drug-likeness (QED) is 0.698. The second kappa shape index (κ2) is 7.44. The number of anilines is 2. The minimum absolute atomic E-state index is 0.105. The molecule has 3 rings (SSSR count). The Morgan fingerprint density at radius 1 is 1.12 bits per heavy atom. The van der Waals surface area contributed by atoms with E-state index in [4.69, 9.17) is 4.74 Å². The lowest BCUT2D eigenvalue weighted by atomic mass is 10.0. The van der Waals surface area contributed by atoms with Gasteiger partial charge in [0.2, 0.25) is 0 Å². The molecule has 0 radical (unpaired) electrons. The van der Waals surface area contributed by atoms with Gasteiger partial charge >= 0.3 is 5.97 Å². The van der Waals surface area contributed by atoms with Gasteiger partial charge in [0.05, 0.1) is 24.6 Å². The summed E-state index contributed by atoms with van der Waals surface area (Å²) < 4.78 is 4.96. The Morgan fingerprint density at radius 3 is 2.50 bits per heavy atom. The Morgan fingerprint density at radius 2 is 1.85 bits per heavy atom. The number of nitrogens with zero attached hydrogens (tertiary/aromatic N) is 2. The van der Waals surface area contributed by atoms with Crippen LogP contribution in [0.1, 0.15) is 28.9 Å². The Hall–Kier alpha value is -3.08. The fourth-order valence-corrected chi connectivity index (χ4v) is 3.07. The molecule has 1 N–H and O–H groups in total. The average molecular weight is 349 g/mol. The number of hydrogen-bond donors (Lipinski definition) is 1. The summed E-state index contributed by atoms with van der Waals surface area (Å²) in [6.45, 7) is 2.10. The lowest BCUT2D eigenvalue weighted by Crippen LogP contribution is -2.14. The summed E-state index contributed by atoms with van der Waals surface area (Å²) in [6, 6.07) is 16.0. The van der Waals surface area contributed by atoms with E-state index in [9.17, 15) is 4.79 Å². The number of carbonyl (C=O) groups is 1. The molecule has 1 aromatic heterocycles. The standard InChI is InChI=1S/C21H23N3O2/c1-14(15-9-6-5-7-10-15)23-18-13-22-20(24(2)3)19-16(18)11-8-12-17(19)21(25)26-4/h5-14,23H,1-4H3. The van der Waals surface area contributed by atoms with Crippen LogP contribution in [0, 0.1) is 0 Å². The molecule has 0 aliphatic rings. The zero-order chi connectivity index (χ0) is 18.7. The highest BCUT2D eigenvalue weighted by Gasteiger charge is 2.18. The molecule has 0 amide bonds. The molecule has 2 aromatic carbocycles. The van der Waals surface area contributed by atoms with Crippen molar-refractivity contribution in [2.24, 2.45) is 0 Å². The fourth-order valence-electron chi connectivity index (χ4n) is 3.07. The molecule has 0 saturated heterocycles. The number of methoxy groups -OCH3 is 1. The highest BCUT2D eigenvalue weighted by Crippen LogP contribution is 2.34. The van der Waals surface area contributed by atoms with Crippen molar-refractivity contribution in [2.45, 2.75) is 13.0 Å². The maximum atomic E-state index is 12.3. The van der Waals surface area contributed by atoms with Crippen LogP contribution in [0.15, 0.2) is 54.7 Å². The largest absolute Gasteiger partial charge is 0.465 e. The Balaban J connectivity index is 2.13. The third-order valence-corrected chi connectivity index (χ3v) is 4.39. The SMILES string of the molecule is COC(=O)c1cccc2c(NC(C)c3ccccc3)cnc(N(C)C)c12. The van der Waals surface area contributed by atoms with Crippen molar-refractivity contribution in [1.82, 2.24) is 4.98 Å². The van der Waals surface area contributed by atoms with Gasteiger partial charge in [-0.1, -0.05) is 42.5 Å². The zero-order valence-corrected chi connectivity index (χ0v) is 15.5. The number of benzene rings is 2. The smallest absolute Gasteiger partial charge is 0.338 e. The van der Waals surface area contributed by atoms with E-state index in [0.29, 0.717) is 5.56 Å². The van der Waals surface area contributed by atoms with Crippen LogP contribution in [-0.4, -0.2) is 32.2 Å². The lowest BCUT2D eigenvalue weighted by Gasteiger charge is -2.21. The van der Waals surface area contributed by atoms with Gasteiger partial charge in [-0.25, -0.2) is 9.78 Å². The molecule has 0 aliphatic heterocycles. The zero-order valence-electron chi connectivity index (χ0n) is 15.5. The molecule has 1 unspecified atom stereocenters. The summed E-state index contributed by atoms with van der Waals surface area (Å²) in [4.78, 5) is 18.8. The van der Waals surface area contributed by atoms with Gasteiger partial charge in [-0.2, -0.15) is 0 Å². The first-order valence-corrected chi connectivity index (χ1v) is 8.51. The minimum Gasteiger partial charge on any atom is -0.465 e. The van der Waals surface area contributed by atoms with E-state index in [2.05, 4.69) is 29.4 Å². The third-order valence-electron chi connectivity index (χ3n) is 4.39. The molecule has 1 heterocycles. The predicted molar refractivity (Wildman–Crippen MR) is 106 cm³/mol. The summed E-state index contributed by atoms with van der Waals surface area (Å²) >= 11 is 0. The fraction of sp³-hybridized carbons (Fsp3) is 0.238. The van der Waals surface area contributed by atoms with E-state index in [1.54, 1.807) is 6.07 Å². The van der Waals surface area contributed by atoms with Gasteiger partial charge in [-0.05, 0) is 18.6 Å². The minimum atomic E-state index is -0.367. The number of hydrogen-bond acceptors (Lipinski definition) is 5. The Bertz CT molecular complexity index is 923. The number of nitrogens with one attached hydrogen (secondary N) is 1. The van der Waals surface area contributed by atoms with Crippen LogP contribution < -0.4 is 10.2 Å². The van der Waals surface area contributed by atoms with Crippen molar-refractivity contribution in [3.63, 3.8) is 0 Å². The first-order valence-electron chi connectivity index (χ1n) is 8.51. The average Bonchev–Trinajstić information content (AvgIpc) is 2.67. The highest BCUT2D eigenvalue weighted by atomic mass is 16.5. The van der Waals surface area contributed by atoms with Crippen molar-refractivity contribution in [3.05, 3.63) is 65.9 Å². The summed E-state index contributed by atoms with van der Waals surface area (Å²) in [5, 5.41) is 5.24. The molecule has 5 heteroatoms. The lowest BCUT2D eigenvalue weighted by molar-refractivity contribution is 0.0603. The third kappa shape index (κ3) is 3.33. The number of esters is 1. The number of pyridine rings is 1. The van der Waals surface area contributed by atoms with E-state index in [1.165, 1.54) is 12.7 Å². The van der Waals surface area contributed by atoms with Crippen molar-refractivity contribution in [3.8, 4) is 0 Å². The molecule has 0 saturated carbocycles. The molecule has 0 bridgehead atoms. The maximum absolute atomic E-state index is 12.3. The molecule has 3 aromatic rings. The van der Waals surface area contributed by atoms with E-state index in [0.717, 1.165) is 22.3 Å². The van der Waals surface area contributed by atoms with E-state index in [1.807, 2.05) is 55.5 Å². The topological polar surface area (TPSA) is 54.5 Å². The molecule has 0 spiro atoms. The molecule has 26 heavy (non-hydrogen) atoms. The number of ether oxygens (including phenoxy) is 1. The number of fused-ring (bicyclic) bond motifs is 1. The van der Waals surface area contributed by atoms with E-state index in [-0.39, 0.29) is 12.0 Å². The second-order valence-electron chi connectivity index (χ2n) is 6.39. The summed E-state index contributed by atoms with van der Waals surface area (Å²) in [6.07, 6.45) is 1.82. The summed E-state index contributed by atoms with van der Waals surface area (Å²) in [7, 11) is 5.22. The molecular formula is C21H23N3O2. The molecular weight excluding hydrogens is 326 g/mol. The van der Waals surface area contributed by atoms with Crippen LogP contribution in [-0.2, 0) is 4.74 Å². The van der Waals surface area contributed by atoms with Crippen LogP contribution in [0.5, 0.6) is 0 Å². The monoisotopic (exact) mass is 349 g/mol. The Kier molecular flexibility index (Phi) is 5.07. The van der Waals surface area contributed by atoms with Crippen LogP contribution in [0.4, 0.5) is 11.5 Å². The summed E-state index contributed by atoms with van der Waals surface area (Å²) in [5.41, 5.74) is 2.58. The van der Waals surface area contributed by atoms with Crippen LogP contribution in [0.2, 0.25) is 0 Å². The van der Waals surface area contributed by atoms with Gasteiger partial charge in [0, 0.05) is 30.9 Å². The van der Waals surface area contributed by atoms with Gasteiger partial charge in [0.1, 0.15) is 5.82 Å². The molecule has 0 aliphatic carbocycles. The van der Waals surface area contributed by atoms with Crippen LogP contribution >= 0.6 is 0 Å². The van der Waals surface area contributed by atoms with Crippen molar-refractivity contribution < 1.29 is 9.53 Å². The number of carbonyl (C=O) groups excluding carboxylic acids is 1. The number of rotatable bonds is 5. The van der Waals surface area contributed by atoms with E-state index >= 15 is 0 Å². The highest BCUT2D eigenvalue weighted by molar-refractivity contribution is 6.12. The van der Waals surface area contributed by atoms with Gasteiger partial charge in [0.25, 0.3) is 0 Å². The maximum Gasteiger partial charge on any atom is 0.338 e. The first kappa shape index (κ1) is 17.7. The van der Waals surface area contributed by atoms with Gasteiger partial charge < -0.3 is 15.0 Å². The van der Waals surface area contributed by atoms with Gasteiger partial charge in [0.15, 0.2) is 0 Å². The van der Waals surface area contributed by atoms with Gasteiger partial charge in [-0.3, -0.25) is 0 Å². The van der Waals surface area contributed by atoms with Gasteiger partial charge in [-0.15, -0.1) is 0 Å². The molecule has 5 nitrogen and oxygen atoms in total. The van der Waals surface area contributed by atoms with Crippen LogP contribution in [0.3, 0.4) is 0 Å². The molecule has 1 atom stereocenters. The van der Waals surface area contributed by atoms with Crippen molar-refractivity contribution in [1.29, 1.82) is 0 Å². The Labute approximate surface area is 153 Å². The normalized spacial score (nSPS) is 11.8. The van der Waals surface area contributed by atoms with E-state index < -0.39 is 0 Å².